The number of halogens is 2. The Hall–Kier alpha value is -0.770. The Morgan fingerprint density at radius 3 is 2.41 bits per heavy atom. The summed E-state index contributed by atoms with van der Waals surface area (Å²) in [5.74, 6) is -0.0561. The van der Waals surface area contributed by atoms with Crippen LogP contribution in [0.2, 0.25) is 10.0 Å². The summed E-state index contributed by atoms with van der Waals surface area (Å²) < 4.78 is 5.22. The van der Waals surface area contributed by atoms with E-state index in [0.717, 1.165) is 12.8 Å². The highest BCUT2D eigenvalue weighted by molar-refractivity contribution is 6.39. The summed E-state index contributed by atoms with van der Waals surface area (Å²) in [7, 11) is 0. The lowest BCUT2D eigenvalue weighted by atomic mass is 9.99. The fraction of sp³-hybridized carbons (Fsp3) is 0.417. The molecule has 3 nitrogen and oxygen atoms in total. The van der Waals surface area contributed by atoms with Crippen molar-refractivity contribution < 1.29 is 9.53 Å². The fourth-order valence-corrected chi connectivity index (χ4v) is 2.29. The number of ether oxygens (including phenoxy) is 1. The first-order valence-electron chi connectivity index (χ1n) is 5.51. The zero-order chi connectivity index (χ0) is 12.3. The van der Waals surface area contributed by atoms with Crippen molar-refractivity contribution in [3.63, 3.8) is 0 Å². The van der Waals surface area contributed by atoms with Crippen molar-refractivity contribution >= 4 is 34.8 Å². The molecule has 1 aromatic carbocycles. The molecule has 0 atom stereocenters. The van der Waals surface area contributed by atoms with E-state index >= 15 is 0 Å². The highest BCUT2D eigenvalue weighted by Crippen LogP contribution is 2.30. The Kier molecular flexibility index (Phi) is 4.26. The maximum absolute atomic E-state index is 12.0. The molecular weight excluding hydrogens is 261 g/mol. The summed E-state index contributed by atoms with van der Waals surface area (Å²) in [5.41, 5.74) is 0.493. The number of amides is 1. The summed E-state index contributed by atoms with van der Waals surface area (Å²) >= 11 is 12.0. The molecule has 0 aliphatic carbocycles. The largest absolute Gasteiger partial charge is 0.381 e. The molecule has 0 unspecified atom stereocenters. The molecule has 17 heavy (non-hydrogen) atoms. The summed E-state index contributed by atoms with van der Waals surface area (Å²) in [6, 6.07) is 5.15. The third kappa shape index (κ3) is 3.12. The molecule has 1 aromatic rings. The van der Waals surface area contributed by atoms with Gasteiger partial charge in [0.05, 0.1) is 15.7 Å². The Morgan fingerprint density at radius 1 is 1.24 bits per heavy atom. The van der Waals surface area contributed by atoms with Crippen LogP contribution in [0.3, 0.4) is 0 Å². The summed E-state index contributed by atoms with van der Waals surface area (Å²) in [5, 5.41) is 3.70. The highest BCUT2D eigenvalue weighted by Gasteiger charge is 2.22. The maximum atomic E-state index is 12.0. The van der Waals surface area contributed by atoms with Crippen LogP contribution in [0.1, 0.15) is 12.8 Å². The lowest BCUT2D eigenvalue weighted by molar-refractivity contribution is -0.122. The third-order valence-corrected chi connectivity index (χ3v) is 3.43. The summed E-state index contributed by atoms with van der Waals surface area (Å²) in [6.45, 7) is 1.27. The van der Waals surface area contributed by atoms with Crippen LogP contribution >= 0.6 is 23.2 Å². The molecular formula is C12H13Cl2NO2. The second-order valence-electron chi connectivity index (χ2n) is 3.97. The van der Waals surface area contributed by atoms with Gasteiger partial charge in [0.25, 0.3) is 0 Å². The quantitative estimate of drug-likeness (QED) is 0.898. The number of carbonyl (C=O) groups is 1. The number of anilines is 1. The number of rotatable bonds is 2. The first-order valence-corrected chi connectivity index (χ1v) is 6.26. The van der Waals surface area contributed by atoms with Crippen LogP contribution in [0.5, 0.6) is 0 Å². The van der Waals surface area contributed by atoms with Gasteiger partial charge in [0.15, 0.2) is 0 Å². The topological polar surface area (TPSA) is 38.3 Å². The van der Waals surface area contributed by atoms with Crippen molar-refractivity contribution in [2.24, 2.45) is 5.92 Å². The number of benzene rings is 1. The average molecular weight is 274 g/mol. The van der Waals surface area contributed by atoms with Crippen LogP contribution in [0.25, 0.3) is 0 Å². The zero-order valence-electron chi connectivity index (χ0n) is 9.21. The van der Waals surface area contributed by atoms with Gasteiger partial charge in [-0.2, -0.15) is 0 Å². The van der Waals surface area contributed by atoms with Gasteiger partial charge in [0.1, 0.15) is 0 Å². The number of nitrogens with one attached hydrogen (secondary N) is 1. The van der Waals surface area contributed by atoms with Gasteiger partial charge in [-0.05, 0) is 25.0 Å². The van der Waals surface area contributed by atoms with Gasteiger partial charge < -0.3 is 10.1 Å². The van der Waals surface area contributed by atoms with E-state index in [4.69, 9.17) is 27.9 Å². The monoisotopic (exact) mass is 273 g/mol. The molecule has 1 aliphatic heterocycles. The normalized spacial score (nSPS) is 16.8. The van der Waals surface area contributed by atoms with Gasteiger partial charge in [-0.1, -0.05) is 29.3 Å². The Morgan fingerprint density at radius 2 is 1.82 bits per heavy atom. The van der Waals surface area contributed by atoms with Crippen LogP contribution in [0, 0.1) is 5.92 Å². The van der Waals surface area contributed by atoms with Crippen LogP contribution < -0.4 is 5.32 Å². The molecule has 0 saturated carbocycles. The van der Waals surface area contributed by atoms with Gasteiger partial charge >= 0.3 is 0 Å². The van der Waals surface area contributed by atoms with Crippen molar-refractivity contribution in [1.82, 2.24) is 0 Å². The van der Waals surface area contributed by atoms with E-state index in [1.165, 1.54) is 0 Å². The predicted molar refractivity (Wildman–Crippen MR) is 68.6 cm³/mol. The summed E-state index contributed by atoms with van der Waals surface area (Å²) in [6.07, 6.45) is 1.49. The molecule has 5 heteroatoms. The van der Waals surface area contributed by atoms with E-state index in [1.807, 2.05) is 0 Å². The lowest BCUT2D eigenvalue weighted by Crippen LogP contribution is -2.28. The number of para-hydroxylation sites is 1. The molecule has 0 spiro atoms. The minimum absolute atomic E-state index is 0.0175. The fourth-order valence-electron chi connectivity index (χ4n) is 1.80. The smallest absolute Gasteiger partial charge is 0.227 e. The molecule has 92 valence electrons. The van der Waals surface area contributed by atoms with Crippen molar-refractivity contribution in [2.45, 2.75) is 12.8 Å². The Balaban J connectivity index is 2.07. The molecule has 1 amide bonds. The summed E-state index contributed by atoms with van der Waals surface area (Å²) in [4.78, 5) is 12.0. The Labute approximate surface area is 110 Å². The molecule has 1 N–H and O–H groups in total. The van der Waals surface area contributed by atoms with Gasteiger partial charge in [0.2, 0.25) is 5.91 Å². The average Bonchev–Trinajstić information content (AvgIpc) is 2.35. The van der Waals surface area contributed by atoms with Crippen LogP contribution in [0.4, 0.5) is 5.69 Å². The predicted octanol–water partition coefficient (Wildman–Crippen LogP) is 3.36. The minimum Gasteiger partial charge on any atom is -0.381 e. The molecule has 1 fully saturated rings. The van der Waals surface area contributed by atoms with E-state index in [0.29, 0.717) is 28.9 Å². The van der Waals surface area contributed by atoms with Crippen LogP contribution in [0.15, 0.2) is 18.2 Å². The van der Waals surface area contributed by atoms with Gasteiger partial charge in [-0.3, -0.25) is 4.79 Å². The first-order chi connectivity index (χ1) is 8.18. The van der Waals surface area contributed by atoms with Gasteiger partial charge in [0, 0.05) is 19.1 Å². The van der Waals surface area contributed by atoms with Crippen molar-refractivity contribution in [3.05, 3.63) is 28.2 Å². The molecule has 2 rings (SSSR count). The Bertz CT molecular complexity index is 397. The van der Waals surface area contributed by atoms with E-state index in [2.05, 4.69) is 5.32 Å². The van der Waals surface area contributed by atoms with E-state index in [-0.39, 0.29) is 11.8 Å². The van der Waals surface area contributed by atoms with Crippen molar-refractivity contribution in [1.29, 1.82) is 0 Å². The van der Waals surface area contributed by atoms with Crippen molar-refractivity contribution in [3.8, 4) is 0 Å². The minimum atomic E-state index is -0.0386. The van der Waals surface area contributed by atoms with E-state index < -0.39 is 0 Å². The van der Waals surface area contributed by atoms with Crippen LogP contribution in [-0.2, 0) is 9.53 Å². The number of hydrogen-bond acceptors (Lipinski definition) is 2. The molecule has 1 aliphatic rings. The van der Waals surface area contributed by atoms with Gasteiger partial charge in [-0.15, -0.1) is 0 Å². The molecule has 0 aromatic heterocycles. The molecule has 1 saturated heterocycles. The maximum Gasteiger partial charge on any atom is 0.227 e. The molecule has 0 radical (unpaired) electrons. The number of hydrogen-bond donors (Lipinski definition) is 1. The van der Waals surface area contributed by atoms with Crippen molar-refractivity contribution in [2.75, 3.05) is 18.5 Å². The van der Waals surface area contributed by atoms with Crippen LogP contribution in [-0.4, -0.2) is 19.1 Å². The lowest BCUT2D eigenvalue weighted by Gasteiger charge is -2.21. The third-order valence-electron chi connectivity index (χ3n) is 2.80. The van der Waals surface area contributed by atoms with E-state index in [9.17, 15) is 4.79 Å². The second kappa shape index (κ2) is 5.71. The first kappa shape index (κ1) is 12.7. The highest BCUT2D eigenvalue weighted by atomic mass is 35.5. The molecule has 1 heterocycles. The van der Waals surface area contributed by atoms with Gasteiger partial charge in [-0.25, -0.2) is 0 Å². The van der Waals surface area contributed by atoms with E-state index in [1.54, 1.807) is 18.2 Å². The number of carbonyl (C=O) groups excluding carboxylic acids is 1. The standard InChI is InChI=1S/C12H13Cl2NO2/c13-9-2-1-3-10(14)11(9)15-12(16)8-4-6-17-7-5-8/h1-3,8H,4-7H2,(H,15,16). The SMILES string of the molecule is O=C(Nc1c(Cl)cccc1Cl)C1CCOCC1. The second-order valence-corrected chi connectivity index (χ2v) is 4.79. The molecule has 0 bridgehead atoms. The zero-order valence-corrected chi connectivity index (χ0v) is 10.7.